The minimum Gasteiger partial charge on any atom is -0.324 e. The number of nitrogens with zero attached hydrogens (tertiary/aromatic N) is 3. The molecule has 0 radical (unpaired) electrons. The van der Waals surface area contributed by atoms with Crippen LogP contribution >= 0.6 is 0 Å². The summed E-state index contributed by atoms with van der Waals surface area (Å²) in [7, 11) is 0. The molecule has 36 heavy (non-hydrogen) atoms. The van der Waals surface area contributed by atoms with Gasteiger partial charge in [0.25, 0.3) is 5.91 Å². The summed E-state index contributed by atoms with van der Waals surface area (Å²) in [6.07, 6.45) is 3.74. The predicted molar refractivity (Wildman–Crippen MR) is 132 cm³/mol. The van der Waals surface area contributed by atoms with Crippen LogP contribution in [-0.4, -0.2) is 57.7 Å². The molecule has 9 heteroatoms. The maximum Gasteiger partial charge on any atom is 0.321 e. The Kier molecular flexibility index (Phi) is 6.42. The molecule has 0 bridgehead atoms. The third-order valence-corrected chi connectivity index (χ3v) is 6.94. The molecule has 3 aliphatic heterocycles. The van der Waals surface area contributed by atoms with E-state index in [1.807, 2.05) is 31.2 Å². The van der Waals surface area contributed by atoms with E-state index in [2.05, 4.69) is 27.5 Å². The molecule has 0 saturated carbocycles. The minimum atomic E-state index is -0.644. The van der Waals surface area contributed by atoms with Gasteiger partial charge in [0, 0.05) is 48.8 Å². The number of carbonyl (C=O) groups excluding carboxylic acids is 4. The standard InChI is InChI=1S/C27H27N5O4/c1-17-5-8-20(15-28-17)29-27(36)31-13-11-18(12-14-31)6-7-19-3-2-4-21-22(19)16-32(26(21)35)23-9-10-24(33)30-25(23)34/h2-5,8,15,18,23H,9-14,16H2,1H3,(H,29,36)(H,30,33,34). The van der Waals surface area contributed by atoms with Crippen LogP contribution in [-0.2, 0) is 16.1 Å². The normalized spacial score (nSPS) is 19.9. The van der Waals surface area contributed by atoms with E-state index in [-0.39, 0.29) is 30.2 Å². The van der Waals surface area contributed by atoms with E-state index in [1.54, 1.807) is 17.2 Å². The van der Waals surface area contributed by atoms with E-state index in [4.69, 9.17) is 0 Å². The fraction of sp³-hybridized carbons (Fsp3) is 0.370. The summed E-state index contributed by atoms with van der Waals surface area (Å²) in [6.45, 7) is 3.42. The summed E-state index contributed by atoms with van der Waals surface area (Å²) in [5, 5.41) is 5.21. The van der Waals surface area contributed by atoms with Crippen LogP contribution in [0.5, 0.6) is 0 Å². The largest absolute Gasteiger partial charge is 0.324 e. The SMILES string of the molecule is Cc1ccc(NC(=O)N2CCC(C#Cc3cccc4c3CN(C3CCC(=O)NC3=O)C4=O)CC2)cn1. The highest BCUT2D eigenvalue weighted by Gasteiger charge is 2.39. The summed E-state index contributed by atoms with van der Waals surface area (Å²) < 4.78 is 0. The van der Waals surface area contributed by atoms with Crippen molar-refractivity contribution in [3.05, 3.63) is 58.9 Å². The monoisotopic (exact) mass is 485 g/mol. The number of aromatic nitrogens is 1. The van der Waals surface area contributed by atoms with Crippen LogP contribution in [0.25, 0.3) is 0 Å². The van der Waals surface area contributed by atoms with Gasteiger partial charge in [0.05, 0.1) is 11.9 Å². The van der Waals surface area contributed by atoms with Gasteiger partial charge in [-0.15, -0.1) is 0 Å². The van der Waals surface area contributed by atoms with Gasteiger partial charge in [0.2, 0.25) is 11.8 Å². The van der Waals surface area contributed by atoms with Crippen LogP contribution in [0.4, 0.5) is 10.5 Å². The van der Waals surface area contributed by atoms with Gasteiger partial charge in [0.1, 0.15) is 6.04 Å². The van der Waals surface area contributed by atoms with Gasteiger partial charge in [-0.2, -0.15) is 0 Å². The molecule has 1 atom stereocenters. The average Bonchev–Trinajstić information content (AvgIpc) is 3.21. The molecule has 5 rings (SSSR count). The van der Waals surface area contributed by atoms with Crippen molar-refractivity contribution in [2.75, 3.05) is 18.4 Å². The molecule has 1 aromatic heterocycles. The van der Waals surface area contributed by atoms with Gasteiger partial charge in [-0.25, -0.2) is 4.79 Å². The number of benzene rings is 1. The van der Waals surface area contributed by atoms with Crippen LogP contribution in [0, 0.1) is 24.7 Å². The summed E-state index contributed by atoms with van der Waals surface area (Å²) in [6, 6.07) is 8.37. The summed E-state index contributed by atoms with van der Waals surface area (Å²) in [5.41, 5.74) is 3.73. The predicted octanol–water partition coefficient (Wildman–Crippen LogP) is 2.45. The van der Waals surface area contributed by atoms with Crippen LogP contribution in [0.3, 0.4) is 0 Å². The number of imide groups is 1. The van der Waals surface area contributed by atoms with E-state index in [0.717, 1.165) is 29.7 Å². The molecular weight excluding hydrogens is 458 g/mol. The van der Waals surface area contributed by atoms with Crippen molar-refractivity contribution in [3.63, 3.8) is 0 Å². The van der Waals surface area contributed by atoms with E-state index in [0.29, 0.717) is 37.3 Å². The minimum absolute atomic E-state index is 0.139. The molecule has 2 N–H and O–H groups in total. The summed E-state index contributed by atoms with van der Waals surface area (Å²) in [5.74, 6) is 5.81. The maximum absolute atomic E-state index is 13.0. The van der Waals surface area contributed by atoms with Crippen LogP contribution < -0.4 is 10.6 Å². The van der Waals surface area contributed by atoms with E-state index in [9.17, 15) is 19.2 Å². The smallest absolute Gasteiger partial charge is 0.321 e. The van der Waals surface area contributed by atoms with Gasteiger partial charge in [-0.3, -0.25) is 24.7 Å². The van der Waals surface area contributed by atoms with Crippen LogP contribution in [0.1, 0.15) is 52.9 Å². The van der Waals surface area contributed by atoms with E-state index < -0.39 is 11.9 Å². The first-order valence-electron chi connectivity index (χ1n) is 12.2. The molecule has 3 aliphatic rings. The molecule has 0 aliphatic carbocycles. The Morgan fingerprint density at radius 3 is 2.64 bits per heavy atom. The van der Waals surface area contributed by atoms with Crippen molar-refractivity contribution in [2.24, 2.45) is 5.92 Å². The number of hydrogen-bond donors (Lipinski definition) is 2. The van der Waals surface area contributed by atoms with Gasteiger partial charge in [-0.05, 0) is 56.0 Å². The zero-order chi connectivity index (χ0) is 25.2. The lowest BCUT2D eigenvalue weighted by Crippen LogP contribution is -2.52. The second-order valence-corrected chi connectivity index (χ2v) is 9.38. The van der Waals surface area contributed by atoms with E-state index in [1.165, 1.54) is 4.90 Å². The van der Waals surface area contributed by atoms with Gasteiger partial charge >= 0.3 is 6.03 Å². The van der Waals surface area contributed by atoms with Crippen molar-refractivity contribution in [2.45, 2.75) is 45.2 Å². The number of anilines is 1. The Bertz CT molecular complexity index is 1290. The number of fused-ring (bicyclic) bond motifs is 1. The molecule has 2 fully saturated rings. The highest BCUT2D eigenvalue weighted by atomic mass is 16.2. The topological polar surface area (TPSA) is 112 Å². The average molecular weight is 486 g/mol. The molecule has 2 saturated heterocycles. The second kappa shape index (κ2) is 9.82. The summed E-state index contributed by atoms with van der Waals surface area (Å²) >= 11 is 0. The molecular formula is C27H27N5O4. The number of nitrogens with one attached hydrogen (secondary N) is 2. The lowest BCUT2D eigenvalue weighted by molar-refractivity contribution is -0.136. The van der Waals surface area contributed by atoms with Crippen molar-refractivity contribution in [3.8, 4) is 11.8 Å². The molecule has 2 aromatic rings. The van der Waals surface area contributed by atoms with Crippen molar-refractivity contribution >= 4 is 29.4 Å². The number of likely N-dealkylation sites (tertiary alicyclic amines) is 1. The molecule has 9 nitrogen and oxygen atoms in total. The fourth-order valence-electron chi connectivity index (χ4n) is 4.85. The lowest BCUT2D eigenvalue weighted by Gasteiger charge is -2.29. The highest BCUT2D eigenvalue weighted by molar-refractivity contribution is 6.05. The number of pyridine rings is 1. The third kappa shape index (κ3) is 4.80. The van der Waals surface area contributed by atoms with Crippen LogP contribution in [0.15, 0.2) is 36.5 Å². The Morgan fingerprint density at radius 1 is 1.11 bits per heavy atom. The zero-order valence-electron chi connectivity index (χ0n) is 20.0. The molecule has 1 aromatic carbocycles. The third-order valence-electron chi connectivity index (χ3n) is 6.94. The Morgan fingerprint density at radius 2 is 1.92 bits per heavy atom. The molecule has 4 heterocycles. The Balaban J connectivity index is 1.21. The number of aryl methyl sites for hydroxylation is 1. The van der Waals surface area contributed by atoms with E-state index >= 15 is 0 Å². The number of urea groups is 1. The Labute approximate surface area is 209 Å². The highest BCUT2D eigenvalue weighted by Crippen LogP contribution is 2.29. The molecule has 5 amide bonds. The number of rotatable bonds is 2. The van der Waals surface area contributed by atoms with Gasteiger partial charge < -0.3 is 15.1 Å². The van der Waals surface area contributed by atoms with Crippen molar-refractivity contribution in [1.82, 2.24) is 20.1 Å². The van der Waals surface area contributed by atoms with Crippen molar-refractivity contribution in [1.29, 1.82) is 0 Å². The lowest BCUT2D eigenvalue weighted by atomic mass is 9.96. The fourth-order valence-corrected chi connectivity index (χ4v) is 4.85. The van der Waals surface area contributed by atoms with Gasteiger partial charge in [-0.1, -0.05) is 17.9 Å². The number of amides is 5. The van der Waals surface area contributed by atoms with Gasteiger partial charge in [0.15, 0.2) is 0 Å². The number of hydrogen-bond acceptors (Lipinski definition) is 5. The first-order chi connectivity index (χ1) is 17.4. The van der Waals surface area contributed by atoms with Crippen LogP contribution in [0.2, 0.25) is 0 Å². The first kappa shape index (κ1) is 23.5. The van der Waals surface area contributed by atoms with Crippen molar-refractivity contribution < 1.29 is 19.2 Å². The molecule has 1 unspecified atom stereocenters. The molecule has 0 spiro atoms. The summed E-state index contributed by atoms with van der Waals surface area (Å²) in [4.78, 5) is 56.9. The quantitative estimate of drug-likeness (QED) is 0.501. The number of piperidine rings is 2. The molecule has 184 valence electrons. The number of carbonyl (C=O) groups is 4. The Hall–Kier alpha value is -4.19. The second-order valence-electron chi connectivity index (χ2n) is 9.38. The maximum atomic E-state index is 13.0. The zero-order valence-corrected chi connectivity index (χ0v) is 20.0. The first-order valence-corrected chi connectivity index (χ1v) is 12.2.